The summed E-state index contributed by atoms with van der Waals surface area (Å²) in [6.07, 6.45) is 6.53. The first-order valence-corrected chi connectivity index (χ1v) is 6.85. The second-order valence-corrected chi connectivity index (χ2v) is 5.50. The molecule has 0 aromatic carbocycles. The third-order valence-corrected chi connectivity index (χ3v) is 4.45. The number of hydrogen-bond acceptors (Lipinski definition) is 3. The molecule has 3 aliphatic rings. The summed E-state index contributed by atoms with van der Waals surface area (Å²) in [5.41, 5.74) is 0. The van der Waals surface area contributed by atoms with Gasteiger partial charge < -0.3 is 10.2 Å². The number of nitrogens with one attached hydrogen (secondary N) is 1. The summed E-state index contributed by atoms with van der Waals surface area (Å²) >= 11 is 0. The SMILES string of the molecule is O=C1CCCN[C@H]2CCC[C@H]3CC[C@@H]1N3C2=O. The smallest absolute Gasteiger partial charge is 0.240 e. The maximum absolute atomic E-state index is 12.5. The van der Waals surface area contributed by atoms with Gasteiger partial charge in [-0.1, -0.05) is 0 Å². The highest BCUT2D eigenvalue weighted by Crippen LogP contribution is 2.33. The van der Waals surface area contributed by atoms with Crippen LogP contribution in [0.1, 0.15) is 44.9 Å². The average Bonchev–Trinajstić information content (AvgIpc) is 2.69. The van der Waals surface area contributed by atoms with Crippen molar-refractivity contribution in [1.82, 2.24) is 10.2 Å². The highest BCUT2D eigenvalue weighted by molar-refractivity contribution is 5.92. The van der Waals surface area contributed by atoms with Crippen molar-refractivity contribution in [2.75, 3.05) is 6.54 Å². The number of hydrogen-bond donors (Lipinski definition) is 1. The Bertz CT molecular complexity index is 342. The van der Waals surface area contributed by atoms with Gasteiger partial charge in [-0.15, -0.1) is 0 Å². The molecule has 0 radical (unpaired) electrons. The standard InChI is InChI=1S/C13H20N2O2/c16-12-5-2-8-14-10-4-1-3-9-6-7-11(12)15(9)13(10)17/h9-11,14H,1-8H2/t9-,10-,11-/m0/s1. The molecule has 3 rings (SSSR count). The van der Waals surface area contributed by atoms with Gasteiger partial charge in [-0.25, -0.2) is 0 Å². The third kappa shape index (κ3) is 1.88. The first kappa shape index (κ1) is 11.2. The van der Waals surface area contributed by atoms with Gasteiger partial charge in [0, 0.05) is 12.5 Å². The van der Waals surface area contributed by atoms with Crippen molar-refractivity contribution in [2.45, 2.75) is 63.1 Å². The van der Waals surface area contributed by atoms with Crippen molar-refractivity contribution in [1.29, 1.82) is 0 Å². The van der Waals surface area contributed by atoms with Crippen molar-refractivity contribution in [3.8, 4) is 0 Å². The van der Waals surface area contributed by atoms with Crippen LogP contribution < -0.4 is 5.32 Å². The molecule has 3 heterocycles. The highest BCUT2D eigenvalue weighted by Gasteiger charge is 2.44. The lowest BCUT2D eigenvalue weighted by molar-refractivity contribution is -0.140. The van der Waals surface area contributed by atoms with Gasteiger partial charge >= 0.3 is 0 Å². The predicted octanol–water partition coefficient (Wildman–Crippen LogP) is 0.851. The maximum atomic E-state index is 12.5. The van der Waals surface area contributed by atoms with Gasteiger partial charge in [-0.05, 0) is 45.1 Å². The largest absolute Gasteiger partial charge is 0.328 e. The van der Waals surface area contributed by atoms with E-state index >= 15 is 0 Å². The van der Waals surface area contributed by atoms with Crippen LogP contribution in [0, 0.1) is 0 Å². The molecule has 2 bridgehead atoms. The van der Waals surface area contributed by atoms with Crippen LogP contribution in [0.15, 0.2) is 0 Å². The number of ketones is 1. The first-order valence-electron chi connectivity index (χ1n) is 6.85. The molecule has 3 atom stereocenters. The molecule has 0 aromatic rings. The van der Waals surface area contributed by atoms with E-state index in [2.05, 4.69) is 5.32 Å². The number of carbonyl (C=O) groups is 2. The van der Waals surface area contributed by atoms with E-state index < -0.39 is 0 Å². The number of amides is 1. The van der Waals surface area contributed by atoms with Gasteiger partial charge in [-0.3, -0.25) is 9.59 Å². The zero-order valence-electron chi connectivity index (χ0n) is 10.2. The fraction of sp³-hybridized carbons (Fsp3) is 0.846. The Balaban J connectivity index is 1.93. The summed E-state index contributed by atoms with van der Waals surface area (Å²) in [7, 11) is 0. The minimum absolute atomic E-state index is 0.0356. The van der Waals surface area contributed by atoms with Crippen LogP contribution in [-0.2, 0) is 9.59 Å². The van der Waals surface area contributed by atoms with Gasteiger partial charge in [0.1, 0.15) is 0 Å². The molecular formula is C13H20N2O2. The Morgan fingerprint density at radius 1 is 1.06 bits per heavy atom. The van der Waals surface area contributed by atoms with Crippen LogP contribution >= 0.6 is 0 Å². The first-order chi connectivity index (χ1) is 8.27. The second kappa shape index (κ2) is 4.41. The fourth-order valence-electron chi connectivity index (χ4n) is 3.57. The highest BCUT2D eigenvalue weighted by atomic mass is 16.2. The van der Waals surface area contributed by atoms with Gasteiger partial charge in [0.05, 0.1) is 12.1 Å². The zero-order chi connectivity index (χ0) is 11.8. The van der Waals surface area contributed by atoms with Gasteiger partial charge in [-0.2, -0.15) is 0 Å². The van der Waals surface area contributed by atoms with Gasteiger partial charge in [0.15, 0.2) is 5.78 Å². The fourth-order valence-corrected chi connectivity index (χ4v) is 3.57. The summed E-state index contributed by atoms with van der Waals surface area (Å²) in [5, 5.41) is 3.33. The molecule has 0 saturated carbocycles. The lowest BCUT2D eigenvalue weighted by Gasteiger charge is -2.29. The Hall–Kier alpha value is -0.900. The quantitative estimate of drug-likeness (QED) is 0.678. The zero-order valence-corrected chi connectivity index (χ0v) is 10.2. The summed E-state index contributed by atoms with van der Waals surface area (Å²) in [6, 6.07) is 0.195. The van der Waals surface area contributed by atoms with Crippen molar-refractivity contribution in [3.05, 3.63) is 0 Å². The molecule has 0 unspecified atom stereocenters. The van der Waals surface area contributed by atoms with Gasteiger partial charge in [0.2, 0.25) is 5.91 Å². The molecule has 3 aliphatic heterocycles. The van der Waals surface area contributed by atoms with Crippen LogP contribution in [0.3, 0.4) is 0 Å². The van der Waals surface area contributed by atoms with Crippen molar-refractivity contribution < 1.29 is 9.59 Å². The van der Waals surface area contributed by atoms with Crippen molar-refractivity contribution in [3.63, 3.8) is 0 Å². The topological polar surface area (TPSA) is 49.4 Å². The van der Waals surface area contributed by atoms with E-state index in [1.165, 1.54) is 0 Å². The Kier molecular flexibility index (Phi) is 2.90. The number of nitrogens with zero attached hydrogens (tertiary/aromatic N) is 1. The van der Waals surface area contributed by atoms with Crippen LogP contribution in [0.5, 0.6) is 0 Å². The Morgan fingerprint density at radius 3 is 2.82 bits per heavy atom. The molecule has 0 spiro atoms. The van der Waals surface area contributed by atoms with E-state index in [4.69, 9.17) is 0 Å². The van der Waals surface area contributed by atoms with E-state index in [1.807, 2.05) is 4.90 Å². The van der Waals surface area contributed by atoms with Crippen molar-refractivity contribution in [2.24, 2.45) is 0 Å². The molecule has 94 valence electrons. The van der Waals surface area contributed by atoms with E-state index in [0.717, 1.165) is 45.1 Å². The summed E-state index contributed by atoms with van der Waals surface area (Å²) in [5.74, 6) is 0.468. The van der Waals surface area contributed by atoms with E-state index in [0.29, 0.717) is 12.5 Å². The minimum Gasteiger partial charge on any atom is -0.328 e. The monoisotopic (exact) mass is 236 g/mol. The molecule has 1 amide bonds. The molecular weight excluding hydrogens is 216 g/mol. The minimum atomic E-state index is -0.104. The van der Waals surface area contributed by atoms with E-state index in [-0.39, 0.29) is 23.8 Å². The number of carbonyl (C=O) groups excluding carboxylic acids is 2. The van der Waals surface area contributed by atoms with E-state index in [1.54, 1.807) is 0 Å². The normalized spacial score (nSPS) is 38.4. The number of fused-ring (bicyclic) bond motifs is 1. The van der Waals surface area contributed by atoms with Crippen molar-refractivity contribution >= 4 is 11.7 Å². The van der Waals surface area contributed by atoms with Crippen LogP contribution in [0.2, 0.25) is 0 Å². The second-order valence-electron chi connectivity index (χ2n) is 5.50. The van der Waals surface area contributed by atoms with Crippen LogP contribution in [-0.4, -0.2) is 41.3 Å². The van der Waals surface area contributed by atoms with Crippen LogP contribution in [0.25, 0.3) is 0 Å². The molecule has 3 saturated heterocycles. The molecule has 4 heteroatoms. The maximum Gasteiger partial charge on any atom is 0.240 e. The molecule has 1 N–H and O–H groups in total. The number of Topliss-reactive ketones (excluding diaryl/α,β-unsaturated/α-hetero) is 1. The predicted molar refractivity (Wildman–Crippen MR) is 63.5 cm³/mol. The van der Waals surface area contributed by atoms with Gasteiger partial charge in [0.25, 0.3) is 0 Å². The third-order valence-electron chi connectivity index (χ3n) is 4.45. The molecule has 0 aromatic heterocycles. The molecule has 4 nitrogen and oxygen atoms in total. The molecule has 0 aliphatic carbocycles. The average molecular weight is 236 g/mol. The Morgan fingerprint density at radius 2 is 1.94 bits per heavy atom. The lowest BCUT2D eigenvalue weighted by Crippen LogP contribution is -2.50. The van der Waals surface area contributed by atoms with Crippen LogP contribution in [0.4, 0.5) is 0 Å². The summed E-state index contributed by atoms with van der Waals surface area (Å²) in [6.45, 7) is 0.799. The lowest BCUT2D eigenvalue weighted by atomic mass is 10.0. The molecule has 3 fully saturated rings. The molecule has 17 heavy (non-hydrogen) atoms. The summed E-state index contributed by atoms with van der Waals surface area (Å²) in [4.78, 5) is 26.5. The number of rotatable bonds is 0. The Labute approximate surface area is 102 Å². The van der Waals surface area contributed by atoms with E-state index in [9.17, 15) is 9.59 Å². The summed E-state index contributed by atoms with van der Waals surface area (Å²) < 4.78 is 0.